The summed E-state index contributed by atoms with van der Waals surface area (Å²) in [6, 6.07) is 8.97. The van der Waals surface area contributed by atoms with Crippen molar-refractivity contribution in [1.82, 2.24) is 15.3 Å². The number of hydrogen-bond acceptors (Lipinski definition) is 4. The van der Waals surface area contributed by atoms with Crippen molar-refractivity contribution in [2.45, 2.75) is 33.6 Å². The van der Waals surface area contributed by atoms with E-state index in [1.165, 1.54) is 0 Å². The van der Waals surface area contributed by atoms with Gasteiger partial charge in [0.05, 0.1) is 5.56 Å². The van der Waals surface area contributed by atoms with Gasteiger partial charge in [-0.2, -0.15) is 0 Å². The van der Waals surface area contributed by atoms with E-state index < -0.39 is 11.8 Å². The van der Waals surface area contributed by atoms with Crippen LogP contribution in [0.5, 0.6) is 0 Å². The van der Waals surface area contributed by atoms with Crippen molar-refractivity contribution < 1.29 is 9.59 Å². The standard InChI is InChI=1S/C22H23ClN4O2/c1-4-13-9-10-17(23)15(5-2)18(13)27-21(28)16-12-14-8-7-11-25-20(14)26-19(16)22(29)24-6-3/h7-12H,4-6H2,1-3H3,(H,24,29)(H,27,28). The van der Waals surface area contributed by atoms with Gasteiger partial charge in [0, 0.05) is 28.8 Å². The zero-order valence-corrected chi connectivity index (χ0v) is 17.4. The van der Waals surface area contributed by atoms with Crippen molar-refractivity contribution in [3.8, 4) is 0 Å². The number of halogens is 1. The number of aryl methyl sites for hydroxylation is 1. The van der Waals surface area contributed by atoms with Crippen LogP contribution in [0.25, 0.3) is 11.0 Å². The maximum absolute atomic E-state index is 13.2. The Morgan fingerprint density at radius 3 is 2.55 bits per heavy atom. The van der Waals surface area contributed by atoms with Gasteiger partial charge in [-0.3, -0.25) is 9.59 Å². The summed E-state index contributed by atoms with van der Waals surface area (Å²) < 4.78 is 0. The molecular weight excluding hydrogens is 388 g/mol. The van der Waals surface area contributed by atoms with E-state index in [1.807, 2.05) is 39.0 Å². The van der Waals surface area contributed by atoms with Crippen LogP contribution in [0.2, 0.25) is 5.02 Å². The number of pyridine rings is 2. The zero-order valence-electron chi connectivity index (χ0n) is 16.7. The smallest absolute Gasteiger partial charge is 0.270 e. The minimum absolute atomic E-state index is 0.0497. The number of aromatic nitrogens is 2. The van der Waals surface area contributed by atoms with Crippen LogP contribution < -0.4 is 10.6 Å². The van der Waals surface area contributed by atoms with Crippen LogP contribution in [0.1, 0.15) is 52.7 Å². The van der Waals surface area contributed by atoms with Gasteiger partial charge in [-0.25, -0.2) is 9.97 Å². The molecule has 150 valence electrons. The summed E-state index contributed by atoms with van der Waals surface area (Å²) in [5, 5.41) is 6.97. The van der Waals surface area contributed by atoms with Crippen molar-refractivity contribution in [2.24, 2.45) is 0 Å². The van der Waals surface area contributed by atoms with E-state index in [9.17, 15) is 9.59 Å². The summed E-state index contributed by atoms with van der Waals surface area (Å²) in [6.45, 7) is 6.24. The Kier molecular flexibility index (Phi) is 6.44. The van der Waals surface area contributed by atoms with E-state index in [0.717, 1.165) is 17.5 Å². The van der Waals surface area contributed by atoms with Gasteiger partial charge in [-0.1, -0.05) is 31.5 Å². The number of amides is 2. The first-order valence-corrected chi connectivity index (χ1v) is 10.0. The molecule has 0 saturated carbocycles. The van der Waals surface area contributed by atoms with Gasteiger partial charge in [0.1, 0.15) is 5.69 Å². The molecule has 0 aliphatic carbocycles. The number of nitrogens with one attached hydrogen (secondary N) is 2. The number of fused-ring (bicyclic) bond motifs is 1. The molecule has 0 fully saturated rings. The van der Waals surface area contributed by atoms with Crippen molar-refractivity contribution in [3.05, 3.63) is 63.9 Å². The molecule has 0 bridgehead atoms. The monoisotopic (exact) mass is 410 g/mol. The van der Waals surface area contributed by atoms with Gasteiger partial charge >= 0.3 is 0 Å². The van der Waals surface area contributed by atoms with Gasteiger partial charge in [-0.15, -0.1) is 0 Å². The lowest BCUT2D eigenvalue weighted by Gasteiger charge is -2.17. The van der Waals surface area contributed by atoms with Crippen LogP contribution in [0, 0.1) is 0 Å². The minimum atomic E-state index is -0.414. The normalized spacial score (nSPS) is 10.8. The van der Waals surface area contributed by atoms with E-state index in [-0.39, 0.29) is 11.3 Å². The average Bonchev–Trinajstić information content (AvgIpc) is 2.73. The molecule has 1 aromatic carbocycles. The first-order valence-electron chi connectivity index (χ1n) is 9.65. The fourth-order valence-corrected chi connectivity index (χ4v) is 3.53. The second-order valence-electron chi connectivity index (χ2n) is 6.52. The number of rotatable bonds is 6. The van der Waals surface area contributed by atoms with Gasteiger partial charge in [0.15, 0.2) is 5.65 Å². The minimum Gasteiger partial charge on any atom is -0.351 e. The van der Waals surface area contributed by atoms with Crippen LogP contribution >= 0.6 is 11.6 Å². The highest BCUT2D eigenvalue weighted by Crippen LogP contribution is 2.30. The highest BCUT2D eigenvalue weighted by molar-refractivity contribution is 6.32. The third kappa shape index (κ3) is 4.22. The average molecular weight is 411 g/mol. The molecule has 29 heavy (non-hydrogen) atoms. The van der Waals surface area contributed by atoms with Gasteiger partial charge < -0.3 is 10.6 Å². The van der Waals surface area contributed by atoms with Gasteiger partial charge in [-0.05, 0) is 55.2 Å². The lowest BCUT2D eigenvalue weighted by atomic mass is 10.0. The molecule has 0 aliphatic rings. The molecule has 2 amide bonds. The molecule has 7 heteroatoms. The van der Waals surface area contributed by atoms with Crippen LogP contribution in [0.3, 0.4) is 0 Å². The molecular formula is C22H23ClN4O2. The highest BCUT2D eigenvalue weighted by atomic mass is 35.5. The molecule has 2 heterocycles. The van der Waals surface area contributed by atoms with E-state index in [2.05, 4.69) is 20.6 Å². The Bertz CT molecular complexity index is 1080. The molecule has 0 atom stereocenters. The number of hydrogen-bond donors (Lipinski definition) is 2. The first kappa shape index (κ1) is 20.7. The second-order valence-corrected chi connectivity index (χ2v) is 6.92. The summed E-state index contributed by atoms with van der Waals surface area (Å²) in [5.74, 6) is -0.820. The Morgan fingerprint density at radius 1 is 1.07 bits per heavy atom. The molecule has 0 saturated heterocycles. The van der Waals surface area contributed by atoms with E-state index in [1.54, 1.807) is 18.3 Å². The summed E-state index contributed by atoms with van der Waals surface area (Å²) >= 11 is 6.35. The maximum atomic E-state index is 13.2. The molecule has 0 unspecified atom stereocenters. The van der Waals surface area contributed by atoms with E-state index in [4.69, 9.17) is 11.6 Å². The SMILES string of the molecule is CCNC(=O)c1nc2ncccc2cc1C(=O)Nc1c(CC)ccc(Cl)c1CC. The zero-order chi connectivity index (χ0) is 21.0. The van der Waals surface area contributed by atoms with E-state index in [0.29, 0.717) is 34.7 Å². The van der Waals surface area contributed by atoms with Crippen LogP contribution in [0.4, 0.5) is 5.69 Å². The van der Waals surface area contributed by atoms with Crippen molar-refractivity contribution in [3.63, 3.8) is 0 Å². The van der Waals surface area contributed by atoms with Gasteiger partial charge in [0.25, 0.3) is 11.8 Å². The Morgan fingerprint density at radius 2 is 1.86 bits per heavy atom. The van der Waals surface area contributed by atoms with E-state index >= 15 is 0 Å². The fourth-order valence-electron chi connectivity index (χ4n) is 3.24. The third-order valence-corrected chi connectivity index (χ3v) is 5.06. The molecule has 0 aliphatic heterocycles. The number of anilines is 1. The lowest BCUT2D eigenvalue weighted by molar-refractivity contribution is 0.0937. The lowest BCUT2D eigenvalue weighted by Crippen LogP contribution is -2.28. The summed E-state index contributed by atoms with van der Waals surface area (Å²) in [5.41, 5.74) is 3.20. The number of carbonyl (C=O) groups is 2. The Balaban J connectivity index is 2.11. The number of nitrogens with zero attached hydrogens (tertiary/aromatic N) is 2. The Labute approximate surface area is 174 Å². The highest BCUT2D eigenvalue weighted by Gasteiger charge is 2.22. The van der Waals surface area contributed by atoms with Crippen LogP contribution in [-0.4, -0.2) is 28.3 Å². The molecule has 0 radical (unpaired) electrons. The topological polar surface area (TPSA) is 84.0 Å². The Hall–Kier alpha value is -2.99. The predicted molar refractivity (Wildman–Crippen MR) is 116 cm³/mol. The molecule has 2 N–H and O–H groups in total. The van der Waals surface area contributed by atoms with Crippen molar-refractivity contribution in [1.29, 1.82) is 0 Å². The molecule has 3 aromatic rings. The maximum Gasteiger partial charge on any atom is 0.270 e. The second kappa shape index (κ2) is 9.01. The fraction of sp³-hybridized carbons (Fsp3) is 0.273. The van der Waals surface area contributed by atoms with Gasteiger partial charge in [0.2, 0.25) is 0 Å². The summed E-state index contributed by atoms with van der Waals surface area (Å²) in [4.78, 5) is 34.3. The van der Waals surface area contributed by atoms with Crippen molar-refractivity contribution >= 4 is 40.1 Å². The summed E-state index contributed by atoms with van der Waals surface area (Å²) in [6.07, 6.45) is 3.01. The molecule has 6 nitrogen and oxygen atoms in total. The first-order chi connectivity index (χ1) is 14.0. The van der Waals surface area contributed by atoms with Crippen LogP contribution in [-0.2, 0) is 12.8 Å². The number of carbonyl (C=O) groups excluding carboxylic acids is 2. The molecule has 2 aromatic heterocycles. The molecule has 3 rings (SSSR count). The third-order valence-electron chi connectivity index (χ3n) is 4.70. The quantitative estimate of drug-likeness (QED) is 0.630. The predicted octanol–water partition coefficient (Wildman–Crippen LogP) is 4.41. The van der Waals surface area contributed by atoms with Crippen molar-refractivity contribution in [2.75, 3.05) is 11.9 Å². The largest absolute Gasteiger partial charge is 0.351 e. The number of benzene rings is 1. The van der Waals surface area contributed by atoms with Crippen LogP contribution in [0.15, 0.2) is 36.5 Å². The summed E-state index contributed by atoms with van der Waals surface area (Å²) in [7, 11) is 0. The molecule has 0 spiro atoms.